The number of halogens is 3. The second-order valence-corrected chi connectivity index (χ2v) is 6.32. The summed E-state index contributed by atoms with van der Waals surface area (Å²) in [5.74, 6) is -0.163. The van der Waals surface area contributed by atoms with Crippen molar-refractivity contribution in [3.8, 4) is 0 Å². The van der Waals surface area contributed by atoms with Gasteiger partial charge in [0.2, 0.25) is 5.91 Å². The first-order chi connectivity index (χ1) is 9.56. The molecule has 0 bridgehead atoms. The zero-order valence-corrected chi connectivity index (χ0v) is 14.2. The van der Waals surface area contributed by atoms with Crippen molar-refractivity contribution in [2.24, 2.45) is 11.7 Å². The number of nitrogens with one attached hydrogen (secondary N) is 1. The molecule has 118 valence electrons. The molecule has 0 aliphatic heterocycles. The summed E-state index contributed by atoms with van der Waals surface area (Å²) in [6.07, 6.45) is 4.18. The van der Waals surface area contributed by atoms with Crippen LogP contribution < -0.4 is 11.1 Å². The van der Waals surface area contributed by atoms with Gasteiger partial charge in [0.25, 0.3) is 0 Å². The van der Waals surface area contributed by atoms with Crippen LogP contribution in [-0.2, 0) is 11.2 Å². The van der Waals surface area contributed by atoms with Crippen LogP contribution in [0.5, 0.6) is 0 Å². The second kappa shape index (κ2) is 8.71. The summed E-state index contributed by atoms with van der Waals surface area (Å²) in [4.78, 5) is 12.0. The van der Waals surface area contributed by atoms with Gasteiger partial charge in [-0.2, -0.15) is 0 Å². The second-order valence-electron chi connectivity index (χ2n) is 5.40. The van der Waals surface area contributed by atoms with E-state index in [0.717, 1.165) is 30.2 Å². The normalized spacial score (nSPS) is 21.5. The third-order valence-corrected chi connectivity index (χ3v) is 4.28. The topological polar surface area (TPSA) is 55.1 Å². The van der Waals surface area contributed by atoms with Crippen molar-refractivity contribution in [1.29, 1.82) is 0 Å². The largest absolute Gasteiger partial charge is 0.356 e. The molecule has 1 aliphatic rings. The molecule has 1 amide bonds. The molecule has 0 radical (unpaired) electrons. The third kappa shape index (κ3) is 5.57. The van der Waals surface area contributed by atoms with Crippen LogP contribution in [0.1, 0.15) is 31.2 Å². The van der Waals surface area contributed by atoms with Crippen molar-refractivity contribution in [3.63, 3.8) is 0 Å². The lowest BCUT2D eigenvalue weighted by atomic mass is 9.85. The molecular weight excluding hydrogens is 359 g/mol. The van der Waals surface area contributed by atoms with E-state index in [1.807, 2.05) is 0 Å². The smallest absolute Gasteiger partial charge is 0.223 e. The molecule has 1 fully saturated rings. The molecule has 0 saturated heterocycles. The van der Waals surface area contributed by atoms with E-state index in [9.17, 15) is 9.18 Å². The van der Waals surface area contributed by atoms with Crippen molar-refractivity contribution < 1.29 is 9.18 Å². The molecule has 2 atom stereocenters. The maximum atomic E-state index is 13.5. The van der Waals surface area contributed by atoms with Gasteiger partial charge >= 0.3 is 0 Å². The summed E-state index contributed by atoms with van der Waals surface area (Å²) in [5.41, 5.74) is 6.50. The number of carbonyl (C=O) groups excluding carboxylic acids is 1. The fourth-order valence-corrected chi connectivity index (χ4v) is 3.07. The molecule has 1 saturated carbocycles. The predicted octanol–water partition coefficient (Wildman–Crippen LogP) is 3.19. The molecule has 0 heterocycles. The molecular formula is C15H21BrClFN2O. The van der Waals surface area contributed by atoms with Crippen molar-refractivity contribution in [2.75, 3.05) is 6.54 Å². The van der Waals surface area contributed by atoms with Crippen LogP contribution >= 0.6 is 28.3 Å². The Hall–Kier alpha value is -0.650. The van der Waals surface area contributed by atoms with Gasteiger partial charge in [0.15, 0.2) is 0 Å². The van der Waals surface area contributed by atoms with Crippen LogP contribution in [0.2, 0.25) is 0 Å². The summed E-state index contributed by atoms with van der Waals surface area (Å²) in [6.45, 7) is 0.456. The highest BCUT2D eigenvalue weighted by molar-refractivity contribution is 9.10. The van der Waals surface area contributed by atoms with Crippen molar-refractivity contribution in [1.82, 2.24) is 5.32 Å². The van der Waals surface area contributed by atoms with E-state index in [0.29, 0.717) is 18.5 Å². The van der Waals surface area contributed by atoms with E-state index >= 15 is 0 Å². The predicted molar refractivity (Wildman–Crippen MR) is 88.0 cm³/mol. The van der Waals surface area contributed by atoms with Crippen LogP contribution in [0.15, 0.2) is 22.7 Å². The van der Waals surface area contributed by atoms with E-state index in [1.54, 1.807) is 12.1 Å². The van der Waals surface area contributed by atoms with E-state index < -0.39 is 0 Å². The van der Waals surface area contributed by atoms with Gasteiger partial charge in [-0.3, -0.25) is 4.79 Å². The quantitative estimate of drug-likeness (QED) is 0.844. The fraction of sp³-hybridized carbons (Fsp3) is 0.533. The van der Waals surface area contributed by atoms with Gasteiger partial charge in [-0.25, -0.2) is 4.39 Å². The number of nitrogens with two attached hydrogens (primary N) is 1. The molecule has 1 aliphatic carbocycles. The highest BCUT2D eigenvalue weighted by Gasteiger charge is 2.24. The summed E-state index contributed by atoms with van der Waals surface area (Å²) < 4.78 is 14.4. The highest BCUT2D eigenvalue weighted by atomic mass is 79.9. The van der Waals surface area contributed by atoms with Gasteiger partial charge in [-0.15, -0.1) is 12.4 Å². The monoisotopic (exact) mass is 378 g/mol. The minimum Gasteiger partial charge on any atom is -0.356 e. The number of hydrogen-bond acceptors (Lipinski definition) is 2. The van der Waals surface area contributed by atoms with Gasteiger partial charge < -0.3 is 11.1 Å². The Morgan fingerprint density at radius 2 is 2.19 bits per heavy atom. The maximum Gasteiger partial charge on any atom is 0.223 e. The van der Waals surface area contributed by atoms with E-state index in [-0.39, 0.29) is 36.1 Å². The summed E-state index contributed by atoms with van der Waals surface area (Å²) in [6, 6.07) is 4.99. The molecule has 3 nitrogen and oxygen atoms in total. The number of hydrogen-bond donors (Lipinski definition) is 2. The van der Waals surface area contributed by atoms with Crippen LogP contribution in [-0.4, -0.2) is 18.5 Å². The van der Waals surface area contributed by atoms with Gasteiger partial charge in [0.1, 0.15) is 5.82 Å². The average Bonchev–Trinajstić information content (AvgIpc) is 2.42. The zero-order valence-electron chi connectivity index (χ0n) is 11.8. The Bertz CT molecular complexity index is 487. The fourth-order valence-electron chi connectivity index (χ4n) is 2.67. The van der Waals surface area contributed by atoms with Gasteiger partial charge in [-0.05, 0) is 49.4 Å². The highest BCUT2D eigenvalue weighted by Crippen LogP contribution is 2.23. The van der Waals surface area contributed by atoms with E-state index in [4.69, 9.17) is 5.73 Å². The van der Waals surface area contributed by atoms with E-state index in [1.165, 1.54) is 6.07 Å². The van der Waals surface area contributed by atoms with Crippen molar-refractivity contribution >= 4 is 34.2 Å². The lowest BCUT2D eigenvalue weighted by Crippen LogP contribution is -2.38. The molecule has 1 aromatic carbocycles. The first-order valence-electron chi connectivity index (χ1n) is 7.03. The lowest BCUT2D eigenvalue weighted by molar-refractivity contribution is -0.126. The molecule has 2 unspecified atom stereocenters. The molecule has 2 rings (SSSR count). The Balaban J connectivity index is 0.00000220. The third-order valence-electron chi connectivity index (χ3n) is 3.79. The Morgan fingerprint density at radius 1 is 1.43 bits per heavy atom. The van der Waals surface area contributed by atoms with Gasteiger partial charge in [0.05, 0.1) is 0 Å². The van der Waals surface area contributed by atoms with Gasteiger partial charge in [-0.1, -0.05) is 22.4 Å². The van der Waals surface area contributed by atoms with Gasteiger partial charge in [0, 0.05) is 23.0 Å². The standard InChI is InChI=1S/C15H20BrFN2O.ClH/c16-12-4-5-14(17)10(8-12)6-7-19-15(20)11-2-1-3-13(18)9-11;/h4-5,8,11,13H,1-3,6-7,9,18H2,(H,19,20);1H. The Kier molecular flexibility index (Phi) is 7.63. The molecule has 0 aromatic heterocycles. The number of carbonyl (C=O) groups is 1. The minimum atomic E-state index is -0.234. The minimum absolute atomic E-state index is 0. The molecule has 1 aromatic rings. The molecule has 21 heavy (non-hydrogen) atoms. The zero-order chi connectivity index (χ0) is 14.5. The van der Waals surface area contributed by atoms with Crippen molar-refractivity contribution in [3.05, 3.63) is 34.1 Å². The van der Waals surface area contributed by atoms with E-state index in [2.05, 4.69) is 21.2 Å². The summed E-state index contributed by atoms with van der Waals surface area (Å²) in [7, 11) is 0. The molecule has 3 N–H and O–H groups in total. The SMILES string of the molecule is Cl.NC1CCCC(C(=O)NCCc2cc(Br)ccc2F)C1. The number of amides is 1. The summed E-state index contributed by atoms with van der Waals surface area (Å²) >= 11 is 3.32. The van der Waals surface area contributed by atoms with Crippen molar-refractivity contribution in [2.45, 2.75) is 38.1 Å². The molecule has 6 heteroatoms. The van der Waals surface area contributed by atoms with Crippen LogP contribution in [0.4, 0.5) is 4.39 Å². The summed E-state index contributed by atoms with van der Waals surface area (Å²) in [5, 5.41) is 2.89. The first kappa shape index (κ1) is 18.4. The number of rotatable bonds is 4. The first-order valence-corrected chi connectivity index (χ1v) is 7.83. The maximum absolute atomic E-state index is 13.5. The van der Waals surface area contributed by atoms with Crippen LogP contribution in [0.3, 0.4) is 0 Å². The Morgan fingerprint density at radius 3 is 2.90 bits per heavy atom. The van der Waals surface area contributed by atoms with Crippen LogP contribution in [0.25, 0.3) is 0 Å². The lowest BCUT2D eigenvalue weighted by Gasteiger charge is -2.25. The Labute approximate surface area is 139 Å². The number of benzene rings is 1. The van der Waals surface area contributed by atoms with Crippen LogP contribution in [0, 0.1) is 11.7 Å². The molecule has 0 spiro atoms. The average molecular weight is 380 g/mol.